The molecule has 1 amide bonds. The maximum absolute atomic E-state index is 13.3. The zero-order valence-electron chi connectivity index (χ0n) is 19.1. The van der Waals surface area contributed by atoms with Crippen molar-refractivity contribution in [3.8, 4) is 0 Å². The van der Waals surface area contributed by atoms with Crippen LogP contribution in [0.5, 0.6) is 0 Å². The summed E-state index contributed by atoms with van der Waals surface area (Å²) < 4.78 is 26.6. The highest BCUT2D eigenvalue weighted by Crippen LogP contribution is 2.26. The van der Waals surface area contributed by atoms with Gasteiger partial charge in [0.15, 0.2) is 0 Å². The molecule has 2 rings (SSSR count). The smallest absolute Gasteiger partial charge is 0.244 e. The molecule has 5 nitrogen and oxygen atoms in total. The molecule has 2 atom stereocenters. The summed E-state index contributed by atoms with van der Waals surface area (Å²) in [6.45, 7) is 11.9. The van der Waals surface area contributed by atoms with Crippen molar-refractivity contribution in [2.75, 3.05) is 10.6 Å². The molecule has 0 aromatic heterocycles. The summed E-state index contributed by atoms with van der Waals surface area (Å²) in [5.41, 5.74) is 5.97. The van der Waals surface area contributed by atoms with Crippen molar-refractivity contribution in [1.82, 2.24) is 5.32 Å². The molecule has 0 spiro atoms. The van der Waals surface area contributed by atoms with Crippen LogP contribution in [0.2, 0.25) is 0 Å². The number of sulfonamides is 1. The van der Waals surface area contributed by atoms with E-state index in [1.165, 1.54) is 15.4 Å². The Morgan fingerprint density at radius 3 is 1.93 bits per heavy atom. The van der Waals surface area contributed by atoms with Gasteiger partial charge in [-0.2, -0.15) is 0 Å². The van der Waals surface area contributed by atoms with Crippen molar-refractivity contribution >= 4 is 21.6 Å². The lowest BCUT2D eigenvalue weighted by Crippen LogP contribution is -2.50. The van der Waals surface area contributed by atoms with Gasteiger partial charge >= 0.3 is 0 Å². The molecular formula is C24H34N2O3S. The van der Waals surface area contributed by atoms with Gasteiger partial charge in [-0.15, -0.1) is 0 Å². The summed E-state index contributed by atoms with van der Waals surface area (Å²) in [6, 6.07) is 10.6. The number of nitrogens with one attached hydrogen (secondary N) is 1. The summed E-state index contributed by atoms with van der Waals surface area (Å²) in [5.74, 6) is -0.286. The molecule has 1 N–H and O–H groups in total. The van der Waals surface area contributed by atoms with Gasteiger partial charge in [0.05, 0.1) is 18.0 Å². The lowest BCUT2D eigenvalue weighted by atomic mass is 9.99. The lowest BCUT2D eigenvalue weighted by Gasteiger charge is -2.32. The number of carbonyl (C=O) groups is 1. The van der Waals surface area contributed by atoms with E-state index in [1.54, 1.807) is 6.07 Å². The van der Waals surface area contributed by atoms with Crippen molar-refractivity contribution in [3.05, 3.63) is 64.2 Å². The molecule has 0 fully saturated rings. The van der Waals surface area contributed by atoms with E-state index in [2.05, 4.69) is 24.4 Å². The van der Waals surface area contributed by atoms with Crippen LogP contribution in [0.1, 0.15) is 60.5 Å². The largest absolute Gasteiger partial charge is 0.347 e. The molecule has 0 bridgehead atoms. The number of amides is 1. The number of rotatable bonds is 8. The fraction of sp³-hybridized carbons (Fsp3) is 0.458. The minimum atomic E-state index is -3.65. The standard InChI is InChI=1S/C24H34N2O3S/c1-8-22(20-12-10-16(3)18(5)14-20)25-24(27)23(9-2)26(30(7,28)29)21-13-11-17(4)19(6)15-21/h10-15,22-23H,8-9H2,1-7H3,(H,25,27). The number of benzene rings is 2. The summed E-state index contributed by atoms with van der Waals surface area (Å²) in [5, 5.41) is 3.08. The van der Waals surface area contributed by atoms with Gasteiger partial charge in [0, 0.05) is 0 Å². The first-order valence-corrected chi connectivity index (χ1v) is 12.3. The quantitative estimate of drug-likeness (QED) is 0.658. The Labute approximate surface area is 181 Å². The normalized spacial score (nSPS) is 13.6. The van der Waals surface area contributed by atoms with Gasteiger partial charge in [-0.1, -0.05) is 38.1 Å². The minimum Gasteiger partial charge on any atom is -0.347 e. The van der Waals surface area contributed by atoms with Crippen molar-refractivity contribution in [1.29, 1.82) is 0 Å². The molecule has 0 heterocycles. The molecule has 30 heavy (non-hydrogen) atoms. The number of aryl methyl sites for hydroxylation is 4. The summed E-state index contributed by atoms with van der Waals surface area (Å²) in [4.78, 5) is 13.3. The van der Waals surface area contributed by atoms with Crippen LogP contribution in [-0.4, -0.2) is 26.6 Å². The van der Waals surface area contributed by atoms with E-state index in [0.29, 0.717) is 18.5 Å². The zero-order chi connectivity index (χ0) is 22.6. The molecule has 6 heteroatoms. The highest BCUT2D eigenvalue weighted by Gasteiger charge is 2.32. The first-order chi connectivity index (χ1) is 14.0. The summed E-state index contributed by atoms with van der Waals surface area (Å²) >= 11 is 0. The van der Waals surface area contributed by atoms with Crippen LogP contribution >= 0.6 is 0 Å². The second-order valence-electron chi connectivity index (χ2n) is 8.06. The first-order valence-electron chi connectivity index (χ1n) is 10.4. The van der Waals surface area contributed by atoms with Crippen LogP contribution in [0.3, 0.4) is 0 Å². The second kappa shape index (κ2) is 9.65. The number of nitrogens with zero attached hydrogens (tertiary/aromatic N) is 1. The van der Waals surface area contributed by atoms with Crippen LogP contribution < -0.4 is 9.62 Å². The van der Waals surface area contributed by atoms with Crippen molar-refractivity contribution in [2.45, 2.75) is 66.5 Å². The third-order valence-corrected chi connectivity index (χ3v) is 6.91. The van der Waals surface area contributed by atoms with Crippen LogP contribution in [0.15, 0.2) is 36.4 Å². The van der Waals surface area contributed by atoms with Crippen LogP contribution in [0.25, 0.3) is 0 Å². The lowest BCUT2D eigenvalue weighted by molar-refractivity contribution is -0.123. The van der Waals surface area contributed by atoms with Crippen LogP contribution in [0.4, 0.5) is 5.69 Å². The van der Waals surface area contributed by atoms with Gasteiger partial charge in [0.2, 0.25) is 15.9 Å². The maximum atomic E-state index is 13.3. The summed E-state index contributed by atoms with van der Waals surface area (Å²) in [6.07, 6.45) is 2.24. The van der Waals surface area contributed by atoms with Gasteiger partial charge in [0.1, 0.15) is 6.04 Å². The highest BCUT2D eigenvalue weighted by molar-refractivity contribution is 7.92. The van der Waals surface area contributed by atoms with Crippen molar-refractivity contribution < 1.29 is 13.2 Å². The van der Waals surface area contributed by atoms with Gasteiger partial charge in [-0.05, 0) is 80.5 Å². The van der Waals surface area contributed by atoms with E-state index in [9.17, 15) is 13.2 Å². The Morgan fingerprint density at radius 1 is 0.900 bits per heavy atom. The third-order valence-electron chi connectivity index (χ3n) is 5.73. The average molecular weight is 431 g/mol. The molecule has 0 saturated carbocycles. The Morgan fingerprint density at radius 2 is 1.47 bits per heavy atom. The van der Waals surface area contributed by atoms with Crippen LogP contribution in [0, 0.1) is 27.7 Å². The van der Waals surface area contributed by atoms with E-state index in [4.69, 9.17) is 0 Å². The predicted molar refractivity (Wildman–Crippen MR) is 124 cm³/mol. The predicted octanol–water partition coefficient (Wildman–Crippen LogP) is 4.73. The van der Waals surface area contributed by atoms with Crippen LogP contribution in [-0.2, 0) is 14.8 Å². The highest BCUT2D eigenvalue weighted by atomic mass is 32.2. The van der Waals surface area contributed by atoms with E-state index < -0.39 is 16.1 Å². The molecule has 164 valence electrons. The van der Waals surface area contributed by atoms with Gasteiger partial charge < -0.3 is 5.32 Å². The fourth-order valence-corrected chi connectivity index (χ4v) is 4.80. The SMILES string of the molecule is CCC(NC(=O)C(CC)N(c1ccc(C)c(C)c1)S(C)(=O)=O)c1ccc(C)c(C)c1. The molecule has 0 saturated heterocycles. The topological polar surface area (TPSA) is 66.5 Å². The number of hydrogen-bond donors (Lipinski definition) is 1. The molecule has 0 aliphatic rings. The fourth-order valence-electron chi connectivity index (χ4n) is 3.59. The van der Waals surface area contributed by atoms with Crippen molar-refractivity contribution in [3.63, 3.8) is 0 Å². The van der Waals surface area contributed by atoms with Crippen molar-refractivity contribution in [2.24, 2.45) is 0 Å². The molecule has 0 aliphatic carbocycles. The molecule has 0 radical (unpaired) electrons. The number of anilines is 1. The Bertz CT molecular complexity index is 1020. The molecule has 2 unspecified atom stereocenters. The van der Waals surface area contributed by atoms with E-state index >= 15 is 0 Å². The Balaban J connectivity index is 2.39. The number of hydrogen-bond acceptors (Lipinski definition) is 3. The zero-order valence-corrected chi connectivity index (χ0v) is 19.9. The van der Waals surface area contributed by atoms with Gasteiger partial charge in [-0.25, -0.2) is 8.42 Å². The second-order valence-corrected chi connectivity index (χ2v) is 9.92. The molecular weight excluding hydrogens is 396 g/mol. The Kier molecular flexibility index (Phi) is 7.70. The molecule has 0 aliphatic heterocycles. The Hall–Kier alpha value is -2.34. The van der Waals surface area contributed by atoms with E-state index in [-0.39, 0.29) is 11.9 Å². The average Bonchev–Trinajstić information content (AvgIpc) is 2.67. The third kappa shape index (κ3) is 5.42. The first kappa shape index (κ1) is 23.9. The van der Waals surface area contributed by atoms with Gasteiger partial charge in [0.25, 0.3) is 0 Å². The van der Waals surface area contributed by atoms with Gasteiger partial charge in [-0.3, -0.25) is 9.10 Å². The molecule has 2 aromatic rings. The monoisotopic (exact) mass is 430 g/mol. The number of carbonyl (C=O) groups excluding carboxylic acids is 1. The minimum absolute atomic E-state index is 0.174. The van der Waals surface area contributed by atoms with E-state index in [0.717, 1.165) is 22.9 Å². The molecule has 2 aromatic carbocycles. The van der Waals surface area contributed by atoms with E-state index in [1.807, 2.05) is 52.8 Å². The summed E-state index contributed by atoms with van der Waals surface area (Å²) in [7, 11) is -3.65. The maximum Gasteiger partial charge on any atom is 0.244 e.